The van der Waals surface area contributed by atoms with Crippen LogP contribution < -0.4 is 0 Å². The van der Waals surface area contributed by atoms with E-state index in [1.54, 1.807) is 4.90 Å². The third-order valence-corrected chi connectivity index (χ3v) is 3.26. The maximum absolute atomic E-state index is 11.8. The molecule has 0 aromatic carbocycles. The molecule has 0 saturated carbocycles. The van der Waals surface area contributed by atoms with Gasteiger partial charge in [0.05, 0.1) is 6.10 Å². The van der Waals surface area contributed by atoms with Crippen molar-refractivity contribution in [2.45, 2.75) is 39.7 Å². The SMILES string of the molecule is CCC(C)C(=O)N1CCC(C)C(O)C1. The minimum absolute atomic E-state index is 0.0932. The molecule has 3 unspecified atom stereocenters. The third kappa shape index (κ3) is 2.47. The molecular weight excluding hydrogens is 178 g/mol. The summed E-state index contributed by atoms with van der Waals surface area (Å²) in [5.74, 6) is 0.616. The molecule has 1 N–H and O–H groups in total. The molecule has 1 aliphatic heterocycles. The lowest BCUT2D eigenvalue weighted by Crippen LogP contribution is -2.47. The second-order valence-corrected chi connectivity index (χ2v) is 4.43. The van der Waals surface area contributed by atoms with Gasteiger partial charge in [0, 0.05) is 19.0 Å². The van der Waals surface area contributed by atoms with Crippen molar-refractivity contribution >= 4 is 5.91 Å². The lowest BCUT2D eigenvalue weighted by molar-refractivity contribution is -0.139. The molecule has 1 fully saturated rings. The van der Waals surface area contributed by atoms with Crippen LogP contribution in [0.3, 0.4) is 0 Å². The zero-order chi connectivity index (χ0) is 10.7. The van der Waals surface area contributed by atoms with Crippen LogP contribution in [0, 0.1) is 11.8 Å². The molecule has 0 bridgehead atoms. The van der Waals surface area contributed by atoms with Gasteiger partial charge >= 0.3 is 0 Å². The Balaban J connectivity index is 2.50. The Kier molecular flexibility index (Phi) is 3.93. The highest BCUT2D eigenvalue weighted by molar-refractivity contribution is 5.78. The highest BCUT2D eigenvalue weighted by Crippen LogP contribution is 2.19. The molecule has 3 heteroatoms. The van der Waals surface area contributed by atoms with Gasteiger partial charge in [-0.1, -0.05) is 20.8 Å². The van der Waals surface area contributed by atoms with E-state index in [-0.39, 0.29) is 17.9 Å². The van der Waals surface area contributed by atoms with Gasteiger partial charge in [-0.3, -0.25) is 4.79 Å². The van der Waals surface area contributed by atoms with Crippen LogP contribution in [-0.4, -0.2) is 35.1 Å². The van der Waals surface area contributed by atoms with Crippen LogP contribution in [-0.2, 0) is 4.79 Å². The molecule has 0 aliphatic carbocycles. The smallest absolute Gasteiger partial charge is 0.225 e. The van der Waals surface area contributed by atoms with Crippen LogP contribution >= 0.6 is 0 Å². The first-order valence-corrected chi connectivity index (χ1v) is 5.53. The summed E-state index contributed by atoms with van der Waals surface area (Å²) in [5.41, 5.74) is 0. The number of nitrogens with zero attached hydrogens (tertiary/aromatic N) is 1. The maximum Gasteiger partial charge on any atom is 0.225 e. The van der Waals surface area contributed by atoms with Gasteiger partial charge in [0.25, 0.3) is 0 Å². The van der Waals surface area contributed by atoms with E-state index in [1.165, 1.54) is 0 Å². The second-order valence-electron chi connectivity index (χ2n) is 4.43. The minimum atomic E-state index is -0.336. The van der Waals surface area contributed by atoms with E-state index in [0.717, 1.165) is 19.4 Å². The Hall–Kier alpha value is -0.570. The monoisotopic (exact) mass is 199 g/mol. The number of β-amino-alcohol motifs (C(OH)–C–C–N with tert-alkyl or cyclic N) is 1. The van der Waals surface area contributed by atoms with Gasteiger partial charge in [0.15, 0.2) is 0 Å². The summed E-state index contributed by atoms with van der Waals surface area (Å²) >= 11 is 0. The number of amides is 1. The van der Waals surface area contributed by atoms with Gasteiger partial charge < -0.3 is 10.0 Å². The van der Waals surface area contributed by atoms with Crippen LogP contribution in [0.2, 0.25) is 0 Å². The van der Waals surface area contributed by atoms with E-state index in [0.29, 0.717) is 12.5 Å². The quantitative estimate of drug-likeness (QED) is 0.727. The highest BCUT2D eigenvalue weighted by atomic mass is 16.3. The number of aliphatic hydroxyl groups excluding tert-OH is 1. The van der Waals surface area contributed by atoms with Crippen LogP contribution in [0.5, 0.6) is 0 Å². The van der Waals surface area contributed by atoms with E-state index in [2.05, 4.69) is 0 Å². The van der Waals surface area contributed by atoms with Crippen LogP contribution in [0.4, 0.5) is 0 Å². The molecule has 1 amide bonds. The van der Waals surface area contributed by atoms with Crippen molar-refractivity contribution in [1.29, 1.82) is 0 Å². The first-order chi connectivity index (χ1) is 6.56. The van der Waals surface area contributed by atoms with Gasteiger partial charge in [0.2, 0.25) is 5.91 Å². The van der Waals surface area contributed by atoms with E-state index in [1.807, 2.05) is 20.8 Å². The van der Waals surface area contributed by atoms with E-state index < -0.39 is 0 Å². The number of piperidine rings is 1. The number of hydrogen-bond donors (Lipinski definition) is 1. The maximum atomic E-state index is 11.8. The molecule has 14 heavy (non-hydrogen) atoms. The number of rotatable bonds is 2. The number of likely N-dealkylation sites (tertiary alicyclic amines) is 1. The van der Waals surface area contributed by atoms with Crippen molar-refractivity contribution in [3.63, 3.8) is 0 Å². The van der Waals surface area contributed by atoms with E-state index in [4.69, 9.17) is 0 Å². The summed E-state index contributed by atoms with van der Waals surface area (Å²) in [6.45, 7) is 7.33. The van der Waals surface area contributed by atoms with E-state index in [9.17, 15) is 9.90 Å². The Morgan fingerprint density at radius 3 is 2.79 bits per heavy atom. The average Bonchev–Trinajstić information content (AvgIpc) is 2.20. The molecule has 0 aromatic heterocycles. The first-order valence-electron chi connectivity index (χ1n) is 5.53. The first kappa shape index (κ1) is 11.5. The molecule has 1 saturated heterocycles. The molecule has 3 atom stereocenters. The van der Waals surface area contributed by atoms with Gasteiger partial charge in [-0.2, -0.15) is 0 Å². The van der Waals surface area contributed by atoms with Crippen molar-refractivity contribution in [1.82, 2.24) is 4.90 Å². The summed E-state index contributed by atoms with van der Waals surface area (Å²) < 4.78 is 0. The summed E-state index contributed by atoms with van der Waals surface area (Å²) in [6, 6.07) is 0. The third-order valence-electron chi connectivity index (χ3n) is 3.26. The van der Waals surface area contributed by atoms with Crippen LogP contribution in [0.25, 0.3) is 0 Å². The predicted molar refractivity (Wildman–Crippen MR) is 55.8 cm³/mol. The van der Waals surface area contributed by atoms with E-state index >= 15 is 0 Å². The fourth-order valence-electron chi connectivity index (χ4n) is 1.74. The molecule has 1 aliphatic rings. The summed E-state index contributed by atoms with van der Waals surface area (Å²) in [5, 5.41) is 9.66. The zero-order valence-electron chi connectivity index (χ0n) is 9.36. The van der Waals surface area contributed by atoms with Gasteiger partial charge in [-0.05, 0) is 18.8 Å². The summed E-state index contributed by atoms with van der Waals surface area (Å²) in [4.78, 5) is 13.6. The fourth-order valence-corrected chi connectivity index (χ4v) is 1.74. The fraction of sp³-hybridized carbons (Fsp3) is 0.909. The number of carbonyl (C=O) groups excluding carboxylic acids is 1. The molecule has 1 heterocycles. The Morgan fingerprint density at radius 2 is 2.29 bits per heavy atom. The molecule has 82 valence electrons. The van der Waals surface area contributed by atoms with Gasteiger partial charge in [0.1, 0.15) is 0 Å². The Labute approximate surface area is 86.1 Å². The predicted octanol–water partition coefficient (Wildman–Crippen LogP) is 1.26. The molecule has 3 nitrogen and oxygen atoms in total. The van der Waals surface area contributed by atoms with Crippen LogP contribution in [0.1, 0.15) is 33.6 Å². The second kappa shape index (κ2) is 4.78. The van der Waals surface area contributed by atoms with Crippen molar-refractivity contribution in [2.75, 3.05) is 13.1 Å². The minimum Gasteiger partial charge on any atom is -0.391 e. The van der Waals surface area contributed by atoms with Crippen molar-refractivity contribution in [3.05, 3.63) is 0 Å². The van der Waals surface area contributed by atoms with Gasteiger partial charge in [-0.25, -0.2) is 0 Å². The van der Waals surface area contributed by atoms with Crippen molar-refractivity contribution in [2.24, 2.45) is 11.8 Å². The average molecular weight is 199 g/mol. The summed E-state index contributed by atoms with van der Waals surface area (Å²) in [7, 11) is 0. The van der Waals surface area contributed by atoms with Crippen molar-refractivity contribution < 1.29 is 9.90 Å². The number of carbonyl (C=O) groups is 1. The molecular formula is C11H21NO2. The standard InChI is InChI=1S/C11H21NO2/c1-4-8(2)11(14)12-6-5-9(3)10(13)7-12/h8-10,13H,4-7H2,1-3H3. The molecule has 0 aromatic rings. The zero-order valence-corrected chi connectivity index (χ0v) is 9.36. The molecule has 0 radical (unpaired) electrons. The number of hydrogen-bond acceptors (Lipinski definition) is 2. The normalized spacial score (nSPS) is 30.1. The lowest BCUT2D eigenvalue weighted by Gasteiger charge is -2.35. The summed E-state index contributed by atoms with van der Waals surface area (Å²) in [6.07, 6.45) is 1.46. The number of aliphatic hydroxyl groups is 1. The van der Waals surface area contributed by atoms with Gasteiger partial charge in [-0.15, -0.1) is 0 Å². The Morgan fingerprint density at radius 1 is 1.64 bits per heavy atom. The van der Waals surface area contributed by atoms with Crippen molar-refractivity contribution in [3.8, 4) is 0 Å². The Bertz CT molecular complexity index is 205. The van der Waals surface area contributed by atoms with Crippen LogP contribution in [0.15, 0.2) is 0 Å². The molecule has 0 spiro atoms. The molecule has 1 rings (SSSR count). The topological polar surface area (TPSA) is 40.5 Å². The largest absolute Gasteiger partial charge is 0.391 e. The lowest BCUT2D eigenvalue weighted by atomic mass is 9.95. The highest BCUT2D eigenvalue weighted by Gasteiger charge is 2.28.